The molecule has 0 radical (unpaired) electrons. The van der Waals surface area contributed by atoms with E-state index in [9.17, 15) is 14.7 Å². The first-order valence-corrected chi connectivity index (χ1v) is 9.92. The zero-order valence-electron chi connectivity index (χ0n) is 16.0. The van der Waals surface area contributed by atoms with Gasteiger partial charge in [0.2, 0.25) is 0 Å². The fourth-order valence-electron chi connectivity index (χ4n) is 3.01. The standard InChI is InChI=1S/C23H17NO5S/c1-28-23(27)15-8-6-14(7-9-15)19-11-10-17(29-19)12-16(13-21(25)26)22-24-18-4-2-3-5-20(18)30-22/h2-12H,13H2,1H3,(H,25,26). The fourth-order valence-corrected chi connectivity index (χ4v) is 3.99. The summed E-state index contributed by atoms with van der Waals surface area (Å²) < 4.78 is 11.6. The number of hydrogen-bond acceptors (Lipinski definition) is 6. The number of aromatic nitrogens is 1. The highest BCUT2D eigenvalue weighted by atomic mass is 32.1. The normalized spacial score (nSPS) is 11.6. The van der Waals surface area contributed by atoms with Crippen LogP contribution in [0.4, 0.5) is 0 Å². The summed E-state index contributed by atoms with van der Waals surface area (Å²) in [6.45, 7) is 0. The average Bonchev–Trinajstić information content (AvgIpc) is 3.39. The molecule has 0 aliphatic heterocycles. The van der Waals surface area contributed by atoms with Crippen LogP contribution >= 0.6 is 11.3 Å². The summed E-state index contributed by atoms with van der Waals surface area (Å²) in [7, 11) is 1.33. The highest BCUT2D eigenvalue weighted by Gasteiger charge is 2.14. The van der Waals surface area contributed by atoms with Gasteiger partial charge in [-0.25, -0.2) is 9.78 Å². The van der Waals surface area contributed by atoms with Crippen LogP contribution < -0.4 is 0 Å². The smallest absolute Gasteiger partial charge is 0.337 e. The molecule has 2 heterocycles. The Morgan fingerprint density at radius 1 is 1.10 bits per heavy atom. The van der Waals surface area contributed by atoms with Gasteiger partial charge in [0.1, 0.15) is 16.5 Å². The van der Waals surface area contributed by atoms with Crippen molar-refractivity contribution < 1.29 is 23.8 Å². The minimum absolute atomic E-state index is 0.163. The molecule has 150 valence electrons. The van der Waals surface area contributed by atoms with Crippen molar-refractivity contribution in [3.8, 4) is 11.3 Å². The van der Waals surface area contributed by atoms with Crippen LogP contribution in [0.1, 0.15) is 27.5 Å². The molecule has 2 aromatic carbocycles. The molecule has 0 atom stereocenters. The maximum Gasteiger partial charge on any atom is 0.337 e. The summed E-state index contributed by atoms with van der Waals surface area (Å²) in [5.74, 6) is -0.210. The van der Waals surface area contributed by atoms with Crippen LogP contribution in [0.3, 0.4) is 0 Å². The SMILES string of the molecule is COC(=O)c1ccc(-c2ccc(C=C(CC(=O)O)c3nc4ccccc4s3)o2)cc1. The number of carbonyl (C=O) groups excluding carboxylic acids is 1. The maximum atomic E-state index is 11.6. The molecule has 30 heavy (non-hydrogen) atoms. The Morgan fingerprint density at radius 2 is 1.87 bits per heavy atom. The second-order valence-corrected chi connectivity index (χ2v) is 7.53. The van der Waals surface area contributed by atoms with Gasteiger partial charge in [-0.2, -0.15) is 0 Å². The van der Waals surface area contributed by atoms with Gasteiger partial charge in [0.15, 0.2) is 0 Å². The van der Waals surface area contributed by atoms with Gasteiger partial charge in [-0.3, -0.25) is 4.79 Å². The van der Waals surface area contributed by atoms with E-state index in [1.165, 1.54) is 18.4 Å². The number of carbonyl (C=O) groups is 2. The number of carboxylic acids is 1. The maximum absolute atomic E-state index is 11.6. The number of hydrogen-bond donors (Lipinski definition) is 1. The Balaban J connectivity index is 1.65. The first kappa shape index (κ1) is 19.6. The van der Waals surface area contributed by atoms with E-state index in [2.05, 4.69) is 4.98 Å². The van der Waals surface area contributed by atoms with Crippen molar-refractivity contribution in [3.63, 3.8) is 0 Å². The molecular formula is C23H17NO5S. The van der Waals surface area contributed by atoms with Crippen molar-refractivity contribution in [1.29, 1.82) is 0 Å². The number of ether oxygens (including phenoxy) is 1. The quantitative estimate of drug-likeness (QED) is 0.423. The van der Waals surface area contributed by atoms with Crippen molar-refractivity contribution >= 4 is 45.1 Å². The van der Waals surface area contributed by atoms with Crippen LogP contribution in [0, 0.1) is 0 Å². The molecule has 0 amide bonds. The number of aliphatic carboxylic acids is 1. The number of esters is 1. The van der Waals surface area contributed by atoms with Crippen molar-refractivity contribution in [2.45, 2.75) is 6.42 Å². The van der Waals surface area contributed by atoms with E-state index >= 15 is 0 Å². The van der Waals surface area contributed by atoms with Crippen molar-refractivity contribution in [2.75, 3.05) is 7.11 Å². The number of rotatable bonds is 6. The molecule has 2 aromatic heterocycles. The summed E-state index contributed by atoms with van der Waals surface area (Å²) in [6.07, 6.45) is 1.54. The third-order valence-corrected chi connectivity index (χ3v) is 5.56. The zero-order chi connectivity index (χ0) is 21.1. The first-order valence-electron chi connectivity index (χ1n) is 9.10. The van der Waals surface area contributed by atoms with Crippen molar-refractivity contribution in [1.82, 2.24) is 4.98 Å². The van der Waals surface area contributed by atoms with E-state index in [4.69, 9.17) is 9.15 Å². The monoisotopic (exact) mass is 419 g/mol. The van der Waals surface area contributed by atoms with Gasteiger partial charge in [0.05, 0.1) is 29.3 Å². The van der Waals surface area contributed by atoms with E-state index < -0.39 is 11.9 Å². The molecule has 0 fully saturated rings. The molecule has 0 unspecified atom stereocenters. The van der Waals surface area contributed by atoms with E-state index in [-0.39, 0.29) is 6.42 Å². The number of furan rings is 1. The molecule has 7 heteroatoms. The second-order valence-electron chi connectivity index (χ2n) is 6.50. The predicted octanol–water partition coefficient (Wildman–Crippen LogP) is 5.36. The van der Waals surface area contributed by atoms with Gasteiger partial charge in [-0.05, 0) is 42.5 Å². The van der Waals surface area contributed by atoms with E-state index in [1.54, 1.807) is 42.5 Å². The predicted molar refractivity (Wildman–Crippen MR) is 115 cm³/mol. The van der Waals surface area contributed by atoms with Crippen molar-refractivity contribution in [3.05, 3.63) is 77.0 Å². The molecule has 4 rings (SSSR count). The third-order valence-electron chi connectivity index (χ3n) is 4.44. The molecular weight excluding hydrogens is 402 g/mol. The van der Waals surface area contributed by atoms with Crippen LogP contribution in [0.25, 0.3) is 33.2 Å². The van der Waals surface area contributed by atoms with Gasteiger partial charge in [0, 0.05) is 11.1 Å². The molecule has 0 aliphatic rings. The fraction of sp³-hybridized carbons (Fsp3) is 0.0870. The lowest BCUT2D eigenvalue weighted by Gasteiger charge is -2.01. The molecule has 6 nitrogen and oxygen atoms in total. The minimum Gasteiger partial charge on any atom is -0.481 e. The van der Waals surface area contributed by atoms with Crippen LogP contribution in [0.5, 0.6) is 0 Å². The van der Waals surface area contributed by atoms with Gasteiger partial charge >= 0.3 is 11.9 Å². The molecule has 0 saturated heterocycles. The number of benzene rings is 2. The Kier molecular flexibility index (Phi) is 5.45. The van der Waals surface area contributed by atoms with Crippen molar-refractivity contribution in [2.24, 2.45) is 0 Å². The van der Waals surface area contributed by atoms with Crippen LogP contribution in [0.15, 0.2) is 65.1 Å². The number of fused-ring (bicyclic) bond motifs is 1. The number of thiazole rings is 1. The molecule has 1 N–H and O–H groups in total. The van der Waals surface area contributed by atoms with Gasteiger partial charge in [-0.15, -0.1) is 11.3 Å². The Morgan fingerprint density at radius 3 is 2.57 bits per heavy atom. The van der Waals surface area contributed by atoms with Crippen LogP contribution in [-0.4, -0.2) is 29.1 Å². The highest BCUT2D eigenvalue weighted by Crippen LogP contribution is 2.31. The van der Waals surface area contributed by atoms with Crippen LogP contribution in [-0.2, 0) is 9.53 Å². The number of methoxy groups -OCH3 is 1. The zero-order valence-corrected chi connectivity index (χ0v) is 16.8. The summed E-state index contributed by atoms with van der Waals surface area (Å²) >= 11 is 1.45. The minimum atomic E-state index is -0.939. The number of nitrogens with zero attached hydrogens (tertiary/aromatic N) is 1. The molecule has 0 saturated carbocycles. The Bertz CT molecular complexity index is 1220. The summed E-state index contributed by atoms with van der Waals surface area (Å²) in [6, 6.07) is 18.1. The largest absolute Gasteiger partial charge is 0.481 e. The van der Waals surface area contributed by atoms with E-state index in [0.29, 0.717) is 27.7 Å². The van der Waals surface area contributed by atoms with Gasteiger partial charge in [-0.1, -0.05) is 24.3 Å². The molecule has 0 spiro atoms. The lowest BCUT2D eigenvalue weighted by molar-refractivity contribution is -0.135. The molecule has 0 aliphatic carbocycles. The van der Waals surface area contributed by atoms with Gasteiger partial charge < -0.3 is 14.3 Å². The van der Waals surface area contributed by atoms with E-state index in [1.807, 2.05) is 24.3 Å². The number of para-hydroxylation sites is 1. The molecule has 4 aromatic rings. The molecule has 0 bridgehead atoms. The summed E-state index contributed by atoms with van der Waals surface area (Å²) in [5, 5.41) is 9.99. The summed E-state index contributed by atoms with van der Waals surface area (Å²) in [5.41, 5.74) is 2.65. The first-order chi connectivity index (χ1) is 14.5. The highest BCUT2D eigenvalue weighted by molar-refractivity contribution is 7.19. The van der Waals surface area contributed by atoms with Crippen LogP contribution in [0.2, 0.25) is 0 Å². The lowest BCUT2D eigenvalue weighted by Crippen LogP contribution is -2.00. The second kappa shape index (κ2) is 8.34. The lowest BCUT2D eigenvalue weighted by atomic mass is 10.1. The Labute approximate surface area is 176 Å². The number of carboxylic acid groups (broad SMARTS) is 1. The summed E-state index contributed by atoms with van der Waals surface area (Å²) in [4.78, 5) is 27.5. The third kappa shape index (κ3) is 4.16. The van der Waals surface area contributed by atoms with Gasteiger partial charge in [0.25, 0.3) is 0 Å². The topological polar surface area (TPSA) is 89.6 Å². The van der Waals surface area contributed by atoms with E-state index in [0.717, 1.165) is 15.8 Å². The Hall–Kier alpha value is -3.71. The average molecular weight is 419 g/mol.